The summed E-state index contributed by atoms with van der Waals surface area (Å²) in [5.41, 5.74) is 7.64. The second kappa shape index (κ2) is 8.09. The van der Waals surface area contributed by atoms with E-state index in [1.165, 1.54) is 17.2 Å². The number of hydrogen-bond acceptors (Lipinski definition) is 2. The second-order valence-corrected chi connectivity index (χ2v) is 7.59. The monoisotopic (exact) mass is 425 g/mol. The molecule has 28 heavy (non-hydrogen) atoms. The number of aryl methyl sites for hydroxylation is 2. The molecule has 0 unspecified atom stereocenters. The average molecular weight is 426 g/mol. The number of hydrogen-bond donors (Lipinski definition) is 2. The van der Waals surface area contributed by atoms with Gasteiger partial charge in [-0.25, -0.2) is 0 Å². The van der Waals surface area contributed by atoms with Gasteiger partial charge in [-0.3, -0.25) is 5.43 Å². The van der Waals surface area contributed by atoms with Crippen molar-refractivity contribution in [2.75, 3.05) is 5.32 Å². The molecule has 148 valence electrons. The summed E-state index contributed by atoms with van der Waals surface area (Å²) in [4.78, 5) is 0. The topological polar surface area (TPSA) is 36.4 Å². The van der Waals surface area contributed by atoms with Crippen molar-refractivity contribution in [2.45, 2.75) is 39.3 Å². The molecule has 0 radical (unpaired) electrons. The van der Waals surface area contributed by atoms with Gasteiger partial charge >= 0.3 is 6.18 Å². The van der Waals surface area contributed by atoms with E-state index in [0.29, 0.717) is 0 Å². The van der Waals surface area contributed by atoms with E-state index in [2.05, 4.69) is 34.9 Å². The Morgan fingerprint density at radius 2 is 1.89 bits per heavy atom. The molecule has 8 heteroatoms. The molecular formula is C20H19ClF3N3S. The van der Waals surface area contributed by atoms with Crippen molar-refractivity contribution < 1.29 is 13.2 Å². The van der Waals surface area contributed by atoms with Crippen molar-refractivity contribution >= 4 is 40.3 Å². The summed E-state index contributed by atoms with van der Waals surface area (Å²) in [6.07, 6.45) is -1.67. The highest BCUT2D eigenvalue weighted by Gasteiger charge is 2.31. The SMILES string of the molecule is Cc1cc(C)c2c(c1)/C(=N\NC(=S)Nc1cc(C(F)(F)F)ccc1Cl)CCC2. The molecule has 0 aliphatic heterocycles. The lowest BCUT2D eigenvalue weighted by atomic mass is 9.86. The van der Waals surface area contributed by atoms with Crippen molar-refractivity contribution in [1.29, 1.82) is 0 Å². The van der Waals surface area contributed by atoms with Gasteiger partial charge in [-0.2, -0.15) is 18.3 Å². The summed E-state index contributed by atoms with van der Waals surface area (Å²) in [7, 11) is 0. The van der Waals surface area contributed by atoms with Gasteiger partial charge in [0, 0.05) is 5.56 Å². The number of alkyl halides is 3. The molecule has 0 amide bonds. The van der Waals surface area contributed by atoms with E-state index >= 15 is 0 Å². The fourth-order valence-corrected chi connectivity index (χ4v) is 3.66. The molecule has 0 saturated heterocycles. The number of anilines is 1. The molecule has 3 nitrogen and oxygen atoms in total. The summed E-state index contributed by atoms with van der Waals surface area (Å²) in [5, 5.41) is 7.30. The average Bonchev–Trinajstić information content (AvgIpc) is 2.61. The molecule has 0 saturated carbocycles. The van der Waals surface area contributed by atoms with Gasteiger partial charge < -0.3 is 5.32 Å². The Morgan fingerprint density at radius 3 is 2.61 bits per heavy atom. The van der Waals surface area contributed by atoms with Crippen LogP contribution in [0.4, 0.5) is 18.9 Å². The first-order chi connectivity index (χ1) is 13.1. The van der Waals surface area contributed by atoms with Crippen LogP contribution >= 0.6 is 23.8 Å². The Balaban J connectivity index is 1.77. The second-order valence-electron chi connectivity index (χ2n) is 6.78. The quantitative estimate of drug-likeness (QED) is 0.457. The van der Waals surface area contributed by atoms with E-state index in [0.717, 1.165) is 48.2 Å². The highest BCUT2D eigenvalue weighted by Crippen LogP contribution is 2.33. The molecule has 2 aromatic carbocycles. The van der Waals surface area contributed by atoms with Crippen LogP contribution in [0, 0.1) is 13.8 Å². The summed E-state index contributed by atoms with van der Waals surface area (Å²) in [5.74, 6) is 0. The molecular weight excluding hydrogens is 407 g/mol. The minimum absolute atomic E-state index is 0.0740. The highest BCUT2D eigenvalue weighted by molar-refractivity contribution is 7.80. The van der Waals surface area contributed by atoms with Crippen LogP contribution in [0.2, 0.25) is 5.02 Å². The van der Waals surface area contributed by atoms with Crippen LogP contribution in [0.15, 0.2) is 35.4 Å². The first-order valence-corrected chi connectivity index (χ1v) is 9.54. The zero-order chi connectivity index (χ0) is 20.5. The van der Waals surface area contributed by atoms with Crippen LogP contribution < -0.4 is 10.7 Å². The first kappa shape index (κ1) is 20.6. The fourth-order valence-electron chi connectivity index (χ4n) is 3.34. The Labute approximate surface area is 172 Å². The van der Waals surface area contributed by atoms with Gasteiger partial charge in [-0.05, 0) is 80.7 Å². The predicted molar refractivity (Wildman–Crippen MR) is 111 cm³/mol. The molecule has 0 fully saturated rings. The summed E-state index contributed by atoms with van der Waals surface area (Å²) >= 11 is 11.2. The van der Waals surface area contributed by atoms with Crippen LogP contribution in [-0.2, 0) is 12.6 Å². The molecule has 0 bridgehead atoms. The Kier molecular flexibility index (Phi) is 5.95. The van der Waals surface area contributed by atoms with Gasteiger partial charge in [0.1, 0.15) is 0 Å². The smallest absolute Gasteiger partial charge is 0.330 e. The van der Waals surface area contributed by atoms with Crippen LogP contribution in [0.5, 0.6) is 0 Å². The van der Waals surface area contributed by atoms with Crippen LogP contribution in [0.1, 0.15) is 40.7 Å². The largest absolute Gasteiger partial charge is 0.416 e. The van der Waals surface area contributed by atoms with E-state index in [9.17, 15) is 13.2 Å². The molecule has 0 spiro atoms. The van der Waals surface area contributed by atoms with E-state index in [-0.39, 0.29) is 15.8 Å². The van der Waals surface area contributed by atoms with Crippen LogP contribution in [0.25, 0.3) is 0 Å². The number of fused-ring (bicyclic) bond motifs is 1. The van der Waals surface area contributed by atoms with Crippen molar-refractivity contribution in [3.8, 4) is 0 Å². The van der Waals surface area contributed by atoms with Crippen LogP contribution in [-0.4, -0.2) is 10.8 Å². The van der Waals surface area contributed by atoms with Crippen molar-refractivity contribution in [3.05, 3.63) is 63.2 Å². The molecule has 1 aliphatic carbocycles. The molecule has 2 aromatic rings. The number of hydrazone groups is 1. The maximum atomic E-state index is 12.9. The molecule has 2 N–H and O–H groups in total. The summed E-state index contributed by atoms with van der Waals surface area (Å²) < 4.78 is 38.7. The highest BCUT2D eigenvalue weighted by atomic mass is 35.5. The number of rotatable bonds is 2. The van der Waals surface area contributed by atoms with Gasteiger partial charge in [-0.1, -0.05) is 23.2 Å². The number of benzene rings is 2. The van der Waals surface area contributed by atoms with Gasteiger partial charge in [-0.15, -0.1) is 0 Å². The normalized spacial score (nSPS) is 15.3. The number of thiocarbonyl (C=S) groups is 1. The first-order valence-electron chi connectivity index (χ1n) is 8.76. The Bertz CT molecular complexity index is 954. The Morgan fingerprint density at radius 1 is 1.14 bits per heavy atom. The van der Waals surface area contributed by atoms with E-state index < -0.39 is 11.7 Å². The molecule has 1 aliphatic rings. The van der Waals surface area contributed by atoms with Crippen LogP contribution in [0.3, 0.4) is 0 Å². The van der Waals surface area contributed by atoms with Gasteiger partial charge in [0.15, 0.2) is 5.11 Å². The maximum Gasteiger partial charge on any atom is 0.416 e. The number of halogens is 4. The molecule has 0 aromatic heterocycles. The standard InChI is InChI=1S/C20H19ClF3N3S/c1-11-8-12(2)14-4-3-5-17(15(14)9-11)26-27-19(28)25-18-10-13(20(22,23)24)6-7-16(18)21/h6-10H,3-5H2,1-2H3,(H2,25,27,28)/b26-17-. The van der Waals surface area contributed by atoms with E-state index in [1.54, 1.807) is 0 Å². The summed E-state index contributed by atoms with van der Waals surface area (Å²) in [6.45, 7) is 4.12. The third kappa shape index (κ3) is 4.64. The van der Waals surface area contributed by atoms with Gasteiger partial charge in [0.05, 0.1) is 22.0 Å². The number of nitrogens with one attached hydrogen (secondary N) is 2. The third-order valence-electron chi connectivity index (χ3n) is 4.60. The molecule has 0 heterocycles. The third-order valence-corrected chi connectivity index (χ3v) is 5.13. The van der Waals surface area contributed by atoms with Gasteiger partial charge in [0.2, 0.25) is 0 Å². The van der Waals surface area contributed by atoms with E-state index in [1.807, 2.05) is 6.92 Å². The van der Waals surface area contributed by atoms with Crippen molar-refractivity contribution in [1.82, 2.24) is 5.43 Å². The zero-order valence-electron chi connectivity index (χ0n) is 15.4. The maximum absolute atomic E-state index is 12.9. The Hall–Kier alpha value is -2.12. The fraction of sp³-hybridized carbons (Fsp3) is 0.300. The molecule has 3 rings (SSSR count). The zero-order valence-corrected chi connectivity index (χ0v) is 16.9. The minimum atomic E-state index is -4.46. The van der Waals surface area contributed by atoms with Gasteiger partial charge in [0.25, 0.3) is 0 Å². The minimum Gasteiger partial charge on any atom is -0.330 e. The lowest BCUT2D eigenvalue weighted by Crippen LogP contribution is -2.27. The lowest BCUT2D eigenvalue weighted by Gasteiger charge is -2.21. The van der Waals surface area contributed by atoms with Crippen molar-refractivity contribution in [2.24, 2.45) is 5.10 Å². The molecule has 0 atom stereocenters. The van der Waals surface area contributed by atoms with Crippen molar-refractivity contribution in [3.63, 3.8) is 0 Å². The summed E-state index contributed by atoms with van der Waals surface area (Å²) in [6, 6.07) is 7.28. The number of nitrogens with zero attached hydrogens (tertiary/aromatic N) is 1. The lowest BCUT2D eigenvalue weighted by molar-refractivity contribution is -0.137. The predicted octanol–water partition coefficient (Wildman–Crippen LogP) is 6.00. The van der Waals surface area contributed by atoms with E-state index in [4.69, 9.17) is 23.8 Å².